The van der Waals surface area contributed by atoms with E-state index >= 15 is 0 Å². The summed E-state index contributed by atoms with van der Waals surface area (Å²) in [4.78, 5) is 13.2. The number of sulfonamides is 2. The lowest BCUT2D eigenvalue weighted by atomic mass is 9.99. The third-order valence-corrected chi connectivity index (χ3v) is 10.6. The molecule has 2 aromatic rings. The molecule has 4 rings (SSSR count). The van der Waals surface area contributed by atoms with E-state index in [0.29, 0.717) is 44.0 Å². The molecular weight excluding hydrogens is 518 g/mol. The lowest BCUT2D eigenvalue weighted by molar-refractivity contribution is -0.126. The van der Waals surface area contributed by atoms with Crippen molar-refractivity contribution >= 4 is 26.0 Å². The van der Waals surface area contributed by atoms with Crippen molar-refractivity contribution in [3.8, 4) is 11.5 Å². The van der Waals surface area contributed by atoms with Crippen LogP contribution in [0.4, 0.5) is 0 Å². The first-order valence-corrected chi connectivity index (χ1v) is 15.1. The van der Waals surface area contributed by atoms with Crippen LogP contribution in [0.5, 0.6) is 11.5 Å². The quantitative estimate of drug-likeness (QED) is 0.507. The van der Waals surface area contributed by atoms with Gasteiger partial charge in [-0.15, -0.1) is 0 Å². The average Bonchev–Trinajstić information content (AvgIpc) is 3.48. The number of ether oxygens (including phenoxy) is 2. The molecule has 2 aliphatic heterocycles. The molecule has 1 N–H and O–H groups in total. The average molecular weight is 552 g/mol. The van der Waals surface area contributed by atoms with Crippen molar-refractivity contribution < 1.29 is 31.1 Å². The van der Waals surface area contributed by atoms with Crippen LogP contribution < -0.4 is 14.8 Å². The van der Waals surface area contributed by atoms with Crippen molar-refractivity contribution in [2.45, 2.75) is 42.0 Å². The Labute approximate surface area is 218 Å². The number of nitrogens with zero attached hydrogens (tertiary/aromatic N) is 2. The van der Waals surface area contributed by atoms with Gasteiger partial charge in [0.1, 0.15) is 0 Å². The number of carbonyl (C=O) groups is 1. The highest BCUT2D eigenvalue weighted by atomic mass is 32.2. The van der Waals surface area contributed by atoms with Crippen molar-refractivity contribution in [2.75, 3.05) is 40.4 Å². The number of hydrogen-bond acceptors (Lipinski definition) is 7. The van der Waals surface area contributed by atoms with E-state index in [1.807, 2.05) is 0 Å². The Morgan fingerprint density at radius 2 is 1.43 bits per heavy atom. The second kappa shape index (κ2) is 11.4. The van der Waals surface area contributed by atoms with Crippen molar-refractivity contribution in [3.63, 3.8) is 0 Å². The van der Waals surface area contributed by atoms with E-state index in [4.69, 9.17) is 9.47 Å². The van der Waals surface area contributed by atoms with Gasteiger partial charge in [-0.3, -0.25) is 4.79 Å². The van der Waals surface area contributed by atoms with Gasteiger partial charge in [-0.2, -0.15) is 8.61 Å². The number of carbonyl (C=O) groups excluding carboxylic acids is 1. The zero-order chi connectivity index (χ0) is 26.6. The minimum Gasteiger partial charge on any atom is -0.493 e. The summed E-state index contributed by atoms with van der Waals surface area (Å²) in [6.45, 7) is 1.71. The van der Waals surface area contributed by atoms with Crippen LogP contribution in [-0.2, 0) is 31.4 Å². The molecule has 1 unspecified atom stereocenters. The molecule has 0 aromatic heterocycles. The molecule has 0 bridgehead atoms. The first-order chi connectivity index (χ1) is 17.7. The standard InChI is InChI=1S/C25H33N3O7S2/c1-34-23-12-11-22(16-24(23)35-2)37(32,33)28-15-5-6-20(18-28)25(29)26-17-19-7-9-21(10-8-19)36(30,31)27-13-3-4-14-27/h7-12,16,20H,3-6,13-15,17-18H2,1-2H3,(H,26,29). The first-order valence-electron chi connectivity index (χ1n) is 12.3. The Morgan fingerprint density at radius 1 is 0.838 bits per heavy atom. The summed E-state index contributed by atoms with van der Waals surface area (Å²) in [6.07, 6.45) is 2.89. The molecule has 2 aromatic carbocycles. The third-order valence-electron chi connectivity index (χ3n) is 6.84. The fourth-order valence-corrected chi connectivity index (χ4v) is 7.75. The van der Waals surface area contributed by atoms with Crippen molar-refractivity contribution in [3.05, 3.63) is 48.0 Å². The topological polar surface area (TPSA) is 122 Å². The highest BCUT2D eigenvalue weighted by Gasteiger charge is 2.34. The number of hydrogen-bond donors (Lipinski definition) is 1. The molecule has 0 spiro atoms. The molecule has 37 heavy (non-hydrogen) atoms. The highest BCUT2D eigenvalue weighted by molar-refractivity contribution is 7.89. The number of benzene rings is 2. The van der Waals surface area contributed by atoms with Crippen LogP contribution in [0.25, 0.3) is 0 Å². The minimum absolute atomic E-state index is 0.0789. The lowest BCUT2D eigenvalue weighted by Crippen LogP contribution is -2.45. The first kappa shape index (κ1) is 27.4. The molecule has 12 heteroatoms. The Morgan fingerprint density at radius 3 is 2.08 bits per heavy atom. The van der Waals surface area contributed by atoms with Crippen LogP contribution in [0, 0.1) is 5.92 Å². The van der Waals surface area contributed by atoms with E-state index in [1.54, 1.807) is 30.3 Å². The molecule has 10 nitrogen and oxygen atoms in total. The van der Waals surface area contributed by atoms with Gasteiger partial charge in [0.15, 0.2) is 11.5 Å². The molecule has 202 valence electrons. The Hall–Kier alpha value is -2.67. The summed E-state index contributed by atoms with van der Waals surface area (Å²) in [5.41, 5.74) is 0.763. The Balaban J connectivity index is 1.37. The fraction of sp³-hybridized carbons (Fsp3) is 0.480. The summed E-state index contributed by atoms with van der Waals surface area (Å²) in [6, 6.07) is 10.9. The van der Waals surface area contributed by atoms with Crippen LogP contribution in [-0.4, -0.2) is 71.8 Å². The molecule has 0 aliphatic carbocycles. The summed E-state index contributed by atoms with van der Waals surface area (Å²) < 4.78 is 65.1. The van der Waals surface area contributed by atoms with Crippen LogP contribution in [0.3, 0.4) is 0 Å². The van der Waals surface area contributed by atoms with Gasteiger partial charge in [-0.25, -0.2) is 16.8 Å². The van der Waals surface area contributed by atoms with Crippen LogP contribution in [0.15, 0.2) is 52.3 Å². The highest BCUT2D eigenvalue weighted by Crippen LogP contribution is 2.32. The van der Waals surface area contributed by atoms with Gasteiger partial charge in [0, 0.05) is 38.8 Å². The molecular formula is C25H33N3O7S2. The largest absolute Gasteiger partial charge is 0.493 e. The molecule has 1 amide bonds. The molecule has 2 fully saturated rings. The van der Waals surface area contributed by atoms with Crippen molar-refractivity contribution in [1.82, 2.24) is 13.9 Å². The van der Waals surface area contributed by atoms with E-state index in [9.17, 15) is 21.6 Å². The van der Waals surface area contributed by atoms with Crippen molar-refractivity contribution in [1.29, 1.82) is 0 Å². The van der Waals surface area contributed by atoms with Crippen LogP contribution in [0.1, 0.15) is 31.2 Å². The molecule has 0 radical (unpaired) electrons. The van der Waals surface area contributed by atoms with E-state index < -0.39 is 26.0 Å². The predicted molar refractivity (Wildman–Crippen MR) is 137 cm³/mol. The van der Waals surface area contributed by atoms with Crippen LogP contribution >= 0.6 is 0 Å². The normalized spacial score (nSPS) is 19.5. The number of piperidine rings is 1. The van der Waals surface area contributed by atoms with E-state index in [1.165, 1.54) is 35.0 Å². The van der Waals surface area contributed by atoms with Crippen LogP contribution in [0.2, 0.25) is 0 Å². The summed E-state index contributed by atoms with van der Waals surface area (Å²) in [7, 11) is -4.39. The number of methoxy groups -OCH3 is 2. The zero-order valence-electron chi connectivity index (χ0n) is 21.1. The maximum Gasteiger partial charge on any atom is 0.243 e. The van der Waals surface area contributed by atoms with Gasteiger partial charge >= 0.3 is 0 Å². The lowest BCUT2D eigenvalue weighted by Gasteiger charge is -2.31. The maximum absolute atomic E-state index is 13.3. The molecule has 1 atom stereocenters. The van der Waals surface area contributed by atoms with Gasteiger partial charge in [-0.1, -0.05) is 12.1 Å². The van der Waals surface area contributed by atoms with E-state index in [0.717, 1.165) is 18.4 Å². The number of rotatable bonds is 9. The molecule has 2 heterocycles. The van der Waals surface area contributed by atoms with Gasteiger partial charge in [0.25, 0.3) is 0 Å². The molecule has 2 aliphatic rings. The van der Waals surface area contributed by atoms with Gasteiger partial charge < -0.3 is 14.8 Å². The molecule has 2 saturated heterocycles. The summed E-state index contributed by atoms with van der Waals surface area (Å²) >= 11 is 0. The van der Waals surface area contributed by atoms with Gasteiger partial charge in [0.05, 0.1) is 29.9 Å². The Bertz CT molecular complexity index is 1320. The Kier molecular flexibility index (Phi) is 8.42. The zero-order valence-corrected chi connectivity index (χ0v) is 22.7. The minimum atomic E-state index is -3.82. The van der Waals surface area contributed by atoms with Gasteiger partial charge in [-0.05, 0) is 55.5 Å². The molecule has 0 saturated carbocycles. The maximum atomic E-state index is 13.3. The predicted octanol–water partition coefficient (Wildman–Crippen LogP) is 2.21. The third kappa shape index (κ3) is 5.92. The summed E-state index contributed by atoms with van der Waals surface area (Å²) in [5, 5.41) is 2.87. The number of amides is 1. The summed E-state index contributed by atoms with van der Waals surface area (Å²) in [5.74, 6) is 0.0209. The van der Waals surface area contributed by atoms with E-state index in [2.05, 4.69) is 5.32 Å². The fourth-order valence-electron chi connectivity index (χ4n) is 4.69. The van der Waals surface area contributed by atoms with E-state index in [-0.39, 0.29) is 28.8 Å². The van der Waals surface area contributed by atoms with Crippen molar-refractivity contribution in [2.24, 2.45) is 5.92 Å². The smallest absolute Gasteiger partial charge is 0.243 e. The second-order valence-corrected chi connectivity index (χ2v) is 13.1. The SMILES string of the molecule is COc1ccc(S(=O)(=O)N2CCCC(C(=O)NCc3ccc(S(=O)(=O)N4CCCC4)cc3)C2)cc1OC. The van der Waals surface area contributed by atoms with Gasteiger partial charge in [0.2, 0.25) is 26.0 Å². The monoisotopic (exact) mass is 551 g/mol. The number of nitrogens with one attached hydrogen (secondary N) is 1. The second-order valence-electron chi connectivity index (χ2n) is 9.19.